The number of nitrogens with zero attached hydrogens (tertiary/aromatic N) is 1. The van der Waals surface area contributed by atoms with E-state index in [-0.39, 0.29) is 23.5 Å². The molecule has 1 saturated carbocycles. The summed E-state index contributed by atoms with van der Waals surface area (Å²) in [5.74, 6) is 0.0993. The smallest absolute Gasteiger partial charge is 0.410 e. The number of amides is 1. The van der Waals surface area contributed by atoms with Gasteiger partial charge in [-0.05, 0) is 51.3 Å². The molecule has 1 amide bonds. The summed E-state index contributed by atoms with van der Waals surface area (Å²) in [6.45, 7) is 6.81. The van der Waals surface area contributed by atoms with Gasteiger partial charge in [0.25, 0.3) is 0 Å². The second-order valence-electron chi connectivity index (χ2n) is 7.85. The van der Waals surface area contributed by atoms with Crippen LogP contribution in [0.1, 0.15) is 45.1 Å². The van der Waals surface area contributed by atoms with Crippen molar-refractivity contribution in [2.24, 2.45) is 5.41 Å². The fourth-order valence-corrected chi connectivity index (χ4v) is 3.66. The minimum Gasteiger partial charge on any atom is -0.444 e. The predicted molar refractivity (Wildman–Crippen MR) is 89.1 cm³/mol. The lowest BCUT2D eigenvalue weighted by atomic mass is 9.77. The second kappa shape index (κ2) is 5.41. The van der Waals surface area contributed by atoms with Crippen LogP contribution in [0.2, 0.25) is 0 Å². The SMILES string of the molecule is CC(C)(C)OC(=O)N1CCC2(CC2O)[C@@H](c2cccc(N)c2)C1. The summed E-state index contributed by atoms with van der Waals surface area (Å²) in [5, 5.41) is 10.2. The Balaban J connectivity index is 1.81. The summed E-state index contributed by atoms with van der Waals surface area (Å²) in [6, 6.07) is 7.77. The lowest BCUT2D eigenvalue weighted by Gasteiger charge is -2.40. The molecular formula is C18H26N2O3. The van der Waals surface area contributed by atoms with E-state index in [2.05, 4.69) is 0 Å². The van der Waals surface area contributed by atoms with Gasteiger partial charge in [-0.15, -0.1) is 0 Å². The van der Waals surface area contributed by atoms with E-state index in [1.54, 1.807) is 4.90 Å². The molecule has 1 heterocycles. The number of aliphatic hydroxyl groups is 1. The third kappa shape index (κ3) is 3.15. The van der Waals surface area contributed by atoms with Gasteiger partial charge in [0.1, 0.15) is 5.60 Å². The summed E-state index contributed by atoms with van der Waals surface area (Å²) in [4.78, 5) is 14.1. The molecule has 1 spiro atoms. The highest BCUT2D eigenvalue weighted by molar-refractivity contribution is 5.68. The maximum atomic E-state index is 12.4. The zero-order chi connectivity index (χ0) is 16.8. The summed E-state index contributed by atoms with van der Waals surface area (Å²) in [7, 11) is 0. The van der Waals surface area contributed by atoms with Crippen LogP contribution in [0.4, 0.5) is 10.5 Å². The number of hydrogen-bond acceptors (Lipinski definition) is 4. The Hall–Kier alpha value is -1.75. The highest BCUT2D eigenvalue weighted by Crippen LogP contribution is 2.60. The van der Waals surface area contributed by atoms with Crippen LogP contribution in [0, 0.1) is 5.41 Å². The van der Waals surface area contributed by atoms with Gasteiger partial charge >= 0.3 is 6.09 Å². The Morgan fingerprint density at radius 1 is 1.43 bits per heavy atom. The van der Waals surface area contributed by atoms with Crippen molar-refractivity contribution in [1.29, 1.82) is 0 Å². The largest absolute Gasteiger partial charge is 0.444 e. The Morgan fingerprint density at radius 3 is 2.70 bits per heavy atom. The Morgan fingerprint density at radius 2 is 2.13 bits per heavy atom. The number of hydrogen-bond donors (Lipinski definition) is 2. The highest BCUT2D eigenvalue weighted by Gasteiger charge is 2.60. The van der Waals surface area contributed by atoms with Crippen LogP contribution < -0.4 is 5.73 Å². The number of carbonyl (C=O) groups is 1. The maximum Gasteiger partial charge on any atom is 0.410 e. The Bertz CT molecular complexity index is 611. The van der Waals surface area contributed by atoms with E-state index in [0.29, 0.717) is 18.8 Å². The maximum absolute atomic E-state index is 12.4. The van der Waals surface area contributed by atoms with Crippen molar-refractivity contribution in [2.45, 2.75) is 51.2 Å². The molecule has 1 aliphatic heterocycles. The molecular weight excluding hydrogens is 292 g/mol. The highest BCUT2D eigenvalue weighted by atomic mass is 16.6. The van der Waals surface area contributed by atoms with Gasteiger partial charge < -0.3 is 20.5 Å². The van der Waals surface area contributed by atoms with Gasteiger partial charge in [-0.2, -0.15) is 0 Å². The van der Waals surface area contributed by atoms with Gasteiger partial charge in [-0.3, -0.25) is 0 Å². The van der Waals surface area contributed by atoms with Crippen LogP contribution in [0.25, 0.3) is 0 Å². The number of aliphatic hydroxyl groups excluding tert-OH is 1. The number of piperidine rings is 1. The molecule has 1 saturated heterocycles. The molecule has 2 fully saturated rings. The van der Waals surface area contributed by atoms with Crippen LogP contribution in [-0.2, 0) is 4.74 Å². The van der Waals surface area contributed by atoms with E-state index < -0.39 is 5.60 Å². The molecule has 1 aliphatic carbocycles. The predicted octanol–water partition coefficient (Wildman–Crippen LogP) is 2.74. The molecule has 126 valence electrons. The van der Waals surface area contributed by atoms with Crippen LogP contribution in [0.3, 0.4) is 0 Å². The minimum absolute atomic E-state index is 0.0993. The third-order valence-electron chi connectivity index (χ3n) is 4.99. The van der Waals surface area contributed by atoms with Crippen molar-refractivity contribution in [3.63, 3.8) is 0 Å². The summed E-state index contributed by atoms with van der Waals surface area (Å²) < 4.78 is 5.50. The number of carbonyl (C=O) groups excluding carboxylic acids is 1. The van der Waals surface area contributed by atoms with Gasteiger partial charge in [0.05, 0.1) is 6.10 Å². The molecule has 2 unspecified atom stereocenters. The Labute approximate surface area is 137 Å². The zero-order valence-corrected chi connectivity index (χ0v) is 14.1. The number of nitrogens with two attached hydrogens (primary N) is 1. The van der Waals surface area contributed by atoms with Crippen molar-refractivity contribution in [2.75, 3.05) is 18.8 Å². The van der Waals surface area contributed by atoms with Crippen molar-refractivity contribution in [3.05, 3.63) is 29.8 Å². The number of likely N-dealkylation sites (tertiary alicyclic amines) is 1. The molecule has 3 N–H and O–H groups in total. The number of ether oxygens (including phenoxy) is 1. The average Bonchev–Trinajstić information content (AvgIpc) is 3.07. The van der Waals surface area contributed by atoms with E-state index in [0.717, 1.165) is 18.4 Å². The molecule has 1 aromatic carbocycles. The van der Waals surface area contributed by atoms with Gasteiger partial charge in [0.2, 0.25) is 0 Å². The van der Waals surface area contributed by atoms with Crippen LogP contribution in [0.15, 0.2) is 24.3 Å². The molecule has 0 aromatic heterocycles. The van der Waals surface area contributed by atoms with E-state index in [4.69, 9.17) is 10.5 Å². The van der Waals surface area contributed by atoms with Crippen LogP contribution in [0.5, 0.6) is 0 Å². The van der Waals surface area contributed by atoms with Crippen molar-refractivity contribution < 1.29 is 14.6 Å². The topological polar surface area (TPSA) is 75.8 Å². The molecule has 3 atom stereocenters. The average molecular weight is 318 g/mol. The van der Waals surface area contributed by atoms with E-state index in [9.17, 15) is 9.90 Å². The quantitative estimate of drug-likeness (QED) is 0.781. The Kier molecular flexibility index (Phi) is 3.79. The first-order chi connectivity index (χ1) is 10.7. The minimum atomic E-state index is -0.502. The van der Waals surface area contributed by atoms with Gasteiger partial charge in [-0.25, -0.2) is 4.79 Å². The van der Waals surface area contributed by atoms with Gasteiger partial charge in [0, 0.05) is 30.1 Å². The van der Waals surface area contributed by atoms with Crippen LogP contribution >= 0.6 is 0 Å². The third-order valence-corrected chi connectivity index (χ3v) is 4.99. The molecule has 2 aliphatic rings. The molecule has 0 bridgehead atoms. The summed E-state index contributed by atoms with van der Waals surface area (Å²) in [5.41, 5.74) is 7.11. The first-order valence-corrected chi connectivity index (χ1v) is 8.23. The number of anilines is 1. The van der Waals surface area contributed by atoms with Gasteiger partial charge in [0.15, 0.2) is 0 Å². The molecule has 23 heavy (non-hydrogen) atoms. The fraction of sp³-hybridized carbons (Fsp3) is 0.611. The van der Waals surface area contributed by atoms with Crippen molar-refractivity contribution in [3.8, 4) is 0 Å². The first-order valence-electron chi connectivity index (χ1n) is 8.23. The van der Waals surface area contributed by atoms with Crippen molar-refractivity contribution >= 4 is 11.8 Å². The summed E-state index contributed by atoms with van der Waals surface area (Å²) >= 11 is 0. The van der Waals surface area contributed by atoms with Crippen LogP contribution in [-0.4, -0.2) is 40.9 Å². The van der Waals surface area contributed by atoms with E-state index >= 15 is 0 Å². The molecule has 5 nitrogen and oxygen atoms in total. The standard InChI is InChI=1S/C18H26N2O3/c1-17(2,3)23-16(22)20-8-7-18(10-15(18)21)14(11-20)12-5-4-6-13(19)9-12/h4-6,9,14-15,21H,7-8,10-11,19H2,1-3H3/t14-,15?,18?/m1/s1. The van der Waals surface area contributed by atoms with Gasteiger partial charge in [-0.1, -0.05) is 12.1 Å². The molecule has 0 radical (unpaired) electrons. The number of benzene rings is 1. The summed E-state index contributed by atoms with van der Waals surface area (Å²) in [6.07, 6.45) is 1.03. The lowest BCUT2D eigenvalue weighted by molar-refractivity contribution is 0.0107. The first kappa shape index (κ1) is 16.1. The lowest BCUT2D eigenvalue weighted by Crippen LogP contribution is -2.46. The molecule has 3 rings (SSSR count). The monoisotopic (exact) mass is 318 g/mol. The van der Waals surface area contributed by atoms with Crippen molar-refractivity contribution in [1.82, 2.24) is 4.90 Å². The van der Waals surface area contributed by atoms with E-state index in [1.807, 2.05) is 45.0 Å². The number of nitrogen functional groups attached to an aromatic ring is 1. The fourth-order valence-electron chi connectivity index (χ4n) is 3.66. The number of rotatable bonds is 1. The normalized spacial score (nSPS) is 30.3. The second-order valence-corrected chi connectivity index (χ2v) is 7.85. The zero-order valence-electron chi connectivity index (χ0n) is 14.1. The molecule has 5 heteroatoms. The molecule has 1 aromatic rings. The van der Waals surface area contributed by atoms with E-state index in [1.165, 1.54) is 0 Å².